The van der Waals surface area contributed by atoms with E-state index in [2.05, 4.69) is 51.6 Å². The predicted molar refractivity (Wildman–Crippen MR) is 112 cm³/mol. The van der Waals surface area contributed by atoms with Crippen LogP contribution in [0.1, 0.15) is 40.1 Å². The van der Waals surface area contributed by atoms with Gasteiger partial charge in [-0.25, -0.2) is 9.50 Å². The van der Waals surface area contributed by atoms with Crippen molar-refractivity contribution in [3.8, 4) is 0 Å². The number of fused-ring (bicyclic) bond motifs is 1. The van der Waals surface area contributed by atoms with Crippen LogP contribution in [-0.4, -0.2) is 32.0 Å². The second kappa shape index (κ2) is 7.47. The van der Waals surface area contributed by atoms with E-state index >= 15 is 0 Å². The third-order valence-corrected chi connectivity index (χ3v) is 5.25. The van der Waals surface area contributed by atoms with E-state index in [4.69, 9.17) is 0 Å². The largest absolute Gasteiger partial charge is 0.348 e. The second-order valence-electron chi connectivity index (χ2n) is 7.43. The Morgan fingerprint density at radius 1 is 0.966 bits per heavy atom. The Labute approximate surface area is 169 Å². The Bertz CT molecular complexity index is 1110. The number of benzene rings is 2. The molecule has 0 aliphatic heterocycles. The van der Waals surface area contributed by atoms with Crippen molar-refractivity contribution in [3.63, 3.8) is 0 Å². The van der Waals surface area contributed by atoms with Crippen molar-refractivity contribution >= 4 is 11.7 Å². The molecule has 0 aliphatic carbocycles. The minimum absolute atomic E-state index is 0.120. The molecule has 2 aromatic heterocycles. The van der Waals surface area contributed by atoms with Crippen LogP contribution in [0.2, 0.25) is 0 Å². The summed E-state index contributed by atoms with van der Waals surface area (Å²) in [5, 5.41) is 7.36. The molecule has 0 saturated heterocycles. The van der Waals surface area contributed by atoms with Gasteiger partial charge in [-0.3, -0.25) is 4.79 Å². The average Bonchev–Trinajstić information content (AvgIpc) is 3.17. The normalized spacial score (nSPS) is 11.6. The van der Waals surface area contributed by atoms with Gasteiger partial charge < -0.3 is 5.32 Å². The summed E-state index contributed by atoms with van der Waals surface area (Å²) in [4.78, 5) is 21.5. The van der Waals surface area contributed by atoms with Crippen LogP contribution < -0.4 is 5.32 Å². The van der Waals surface area contributed by atoms with Gasteiger partial charge in [0.1, 0.15) is 0 Å². The zero-order valence-corrected chi connectivity index (χ0v) is 16.8. The van der Waals surface area contributed by atoms with Gasteiger partial charge >= 0.3 is 0 Å². The Morgan fingerprint density at radius 2 is 1.55 bits per heavy atom. The number of amides is 1. The minimum atomic E-state index is -0.387. The number of carbonyl (C=O) groups is 1. The molecule has 0 aliphatic rings. The first kappa shape index (κ1) is 18.8. The van der Waals surface area contributed by atoms with Gasteiger partial charge in [0.15, 0.2) is 0 Å². The number of aryl methyl sites for hydroxylation is 2. The maximum Gasteiger partial charge on any atom is 0.291 e. The van der Waals surface area contributed by atoms with Gasteiger partial charge in [0, 0.05) is 23.3 Å². The highest BCUT2D eigenvalue weighted by Crippen LogP contribution is 2.31. The van der Waals surface area contributed by atoms with Gasteiger partial charge in [-0.2, -0.15) is 4.98 Å². The molecule has 0 fully saturated rings. The summed E-state index contributed by atoms with van der Waals surface area (Å²) in [6.45, 7) is 6.36. The number of aromatic nitrogens is 4. The lowest BCUT2D eigenvalue weighted by molar-refractivity contribution is 0.0937. The highest BCUT2D eigenvalue weighted by atomic mass is 16.2. The number of carbonyl (C=O) groups excluding carboxylic acids is 1. The number of nitrogens with one attached hydrogen (secondary N) is 1. The van der Waals surface area contributed by atoms with E-state index < -0.39 is 0 Å². The molecule has 0 bridgehead atoms. The van der Waals surface area contributed by atoms with Crippen LogP contribution in [0, 0.1) is 13.8 Å². The summed E-state index contributed by atoms with van der Waals surface area (Å²) in [6, 6.07) is 22.3. The third kappa shape index (κ3) is 3.61. The van der Waals surface area contributed by atoms with Crippen molar-refractivity contribution in [3.05, 3.63) is 95.1 Å². The molecule has 146 valence electrons. The third-order valence-electron chi connectivity index (χ3n) is 5.25. The highest BCUT2D eigenvalue weighted by molar-refractivity contribution is 5.90. The smallest absolute Gasteiger partial charge is 0.291 e. The standard InChI is InChI=1S/C23H23N5O/c1-16-14-17(2)28-22(25-16)26-20(27-28)21(29)24-15-23(3,18-10-6-4-7-11-18)19-12-8-5-9-13-19/h4-14H,15H2,1-3H3,(H,24,29). The van der Waals surface area contributed by atoms with E-state index in [0.717, 1.165) is 22.5 Å². The molecule has 29 heavy (non-hydrogen) atoms. The predicted octanol–water partition coefficient (Wildman–Crippen LogP) is 3.48. The summed E-state index contributed by atoms with van der Waals surface area (Å²) >= 11 is 0. The Balaban J connectivity index is 1.63. The lowest BCUT2D eigenvalue weighted by Crippen LogP contribution is -2.40. The zero-order valence-electron chi connectivity index (χ0n) is 16.8. The summed E-state index contributed by atoms with van der Waals surface area (Å²) < 4.78 is 1.59. The van der Waals surface area contributed by atoms with Crippen LogP contribution in [0.3, 0.4) is 0 Å². The Morgan fingerprint density at radius 3 is 2.14 bits per heavy atom. The maximum absolute atomic E-state index is 12.8. The van der Waals surface area contributed by atoms with Gasteiger partial charge in [0.05, 0.1) is 0 Å². The maximum atomic E-state index is 12.8. The Kier molecular flexibility index (Phi) is 4.84. The van der Waals surface area contributed by atoms with E-state index in [9.17, 15) is 4.79 Å². The van der Waals surface area contributed by atoms with Crippen molar-refractivity contribution in [2.45, 2.75) is 26.2 Å². The fraction of sp³-hybridized carbons (Fsp3) is 0.217. The van der Waals surface area contributed by atoms with Crippen LogP contribution in [0.25, 0.3) is 5.78 Å². The van der Waals surface area contributed by atoms with Crippen LogP contribution in [0.15, 0.2) is 66.7 Å². The van der Waals surface area contributed by atoms with Crippen molar-refractivity contribution in [2.24, 2.45) is 0 Å². The van der Waals surface area contributed by atoms with Gasteiger partial charge in [0.25, 0.3) is 11.7 Å². The highest BCUT2D eigenvalue weighted by Gasteiger charge is 2.30. The van der Waals surface area contributed by atoms with E-state index in [1.54, 1.807) is 4.52 Å². The molecule has 1 N–H and O–H groups in total. The van der Waals surface area contributed by atoms with Crippen LogP contribution in [-0.2, 0) is 5.41 Å². The zero-order chi connectivity index (χ0) is 20.4. The Hall–Kier alpha value is -3.54. The monoisotopic (exact) mass is 385 g/mol. The quantitative estimate of drug-likeness (QED) is 0.571. The number of rotatable bonds is 5. The second-order valence-corrected chi connectivity index (χ2v) is 7.43. The molecule has 6 nitrogen and oxygen atoms in total. The van der Waals surface area contributed by atoms with Gasteiger partial charge in [-0.1, -0.05) is 60.7 Å². The fourth-order valence-electron chi connectivity index (χ4n) is 3.58. The molecule has 0 radical (unpaired) electrons. The molecule has 2 aromatic carbocycles. The minimum Gasteiger partial charge on any atom is -0.348 e. The molecule has 1 amide bonds. The van der Waals surface area contributed by atoms with E-state index in [0.29, 0.717) is 12.3 Å². The van der Waals surface area contributed by atoms with Crippen LogP contribution in [0.5, 0.6) is 0 Å². The fourth-order valence-corrected chi connectivity index (χ4v) is 3.58. The lowest BCUT2D eigenvalue weighted by Gasteiger charge is -2.31. The molecule has 0 saturated carbocycles. The number of nitrogens with zero attached hydrogens (tertiary/aromatic N) is 4. The summed E-state index contributed by atoms with van der Waals surface area (Å²) in [5.74, 6) is 0.238. The van der Waals surface area contributed by atoms with E-state index in [1.807, 2.05) is 56.3 Å². The van der Waals surface area contributed by atoms with Gasteiger partial charge in [-0.05, 0) is 38.0 Å². The summed E-state index contributed by atoms with van der Waals surface area (Å²) in [7, 11) is 0. The van der Waals surface area contributed by atoms with Crippen molar-refractivity contribution < 1.29 is 4.79 Å². The molecular weight excluding hydrogens is 362 g/mol. The number of hydrogen-bond donors (Lipinski definition) is 1. The lowest BCUT2D eigenvalue weighted by atomic mass is 9.76. The first-order valence-electron chi connectivity index (χ1n) is 9.58. The molecular formula is C23H23N5O. The van der Waals surface area contributed by atoms with Gasteiger partial charge in [0.2, 0.25) is 5.82 Å². The molecule has 0 spiro atoms. The molecule has 6 heteroatoms. The summed E-state index contributed by atoms with van der Waals surface area (Å²) in [5.41, 5.74) is 3.60. The van der Waals surface area contributed by atoms with E-state index in [1.165, 1.54) is 0 Å². The molecule has 4 aromatic rings. The van der Waals surface area contributed by atoms with Crippen molar-refractivity contribution in [1.29, 1.82) is 0 Å². The topological polar surface area (TPSA) is 72.2 Å². The van der Waals surface area contributed by atoms with E-state index in [-0.39, 0.29) is 17.1 Å². The van der Waals surface area contributed by atoms with Crippen molar-refractivity contribution in [1.82, 2.24) is 24.9 Å². The van der Waals surface area contributed by atoms with Crippen LogP contribution >= 0.6 is 0 Å². The van der Waals surface area contributed by atoms with Crippen molar-refractivity contribution in [2.75, 3.05) is 6.54 Å². The number of hydrogen-bond acceptors (Lipinski definition) is 4. The molecule has 2 heterocycles. The van der Waals surface area contributed by atoms with Gasteiger partial charge in [-0.15, -0.1) is 5.10 Å². The van der Waals surface area contributed by atoms with Crippen LogP contribution in [0.4, 0.5) is 0 Å². The first-order valence-corrected chi connectivity index (χ1v) is 9.58. The average molecular weight is 385 g/mol. The SMILES string of the molecule is Cc1cc(C)n2nc(C(=O)NCC(C)(c3ccccc3)c3ccccc3)nc2n1. The summed E-state index contributed by atoms with van der Waals surface area (Å²) in [6.07, 6.45) is 0. The molecule has 4 rings (SSSR count). The molecule has 0 unspecified atom stereocenters. The first-order chi connectivity index (χ1) is 14.0. The molecule has 0 atom stereocenters.